The molecule has 5 nitrogen and oxygen atoms in total. The molecule has 2 rings (SSSR count). The van der Waals surface area contributed by atoms with Gasteiger partial charge in [-0.25, -0.2) is 4.98 Å². The topological polar surface area (TPSA) is 56.3 Å². The molecule has 0 aliphatic rings. The first kappa shape index (κ1) is 15.0. The summed E-state index contributed by atoms with van der Waals surface area (Å²) in [5.74, 6) is 0.866. The fourth-order valence-corrected chi connectivity index (χ4v) is 2.97. The molecule has 108 valence electrons. The molecule has 0 amide bonds. The number of rotatable bonds is 6. The molecule has 1 atom stereocenters. The van der Waals surface area contributed by atoms with Crippen LogP contribution in [0.3, 0.4) is 0 Å². The minimum Gasteiger partial charge on any atom is -0.480 e. The van der Waals surface area contributed by atoms with Crippen LogP contribution in [-0.2, 0) is 0 Å². The third-order valence-corrected chi connectivity index (χ3v) is 4.00. The molecule has 1 N–H and O–H groups in total. The molecular formula is C13H16ClN3O2S. The summed E-state index contributed by atoms with van der Waals surface area (Å²) in [6, 6.07) is 3.74. The van der Waals surface area contributed by atoms with Crippen LogP contribution in [0.15, 0.2) is 18.3 Å². The number of hydrogen-bond acceptors (Lipinski definition) is 6. The highest BCUT2D eigenvalue weighted by Crippen LogP contribution is 2.33. The molecule has 2 aromatic heterocycles. The second-order valence-electron chi connectivity index (χ2n) is 3.94. The van der Waals surface area contributed by atoms with Crippen LogP contribution < -0.4 is 14.8 Å². The first-order chi connectivity index (χ1) is 9.69. The van der Waals surface area contributed by atoms with E-state index >= 15 is 0 Å². The second kappa shape index (κ2) is 6.88. The minimum atomic E-state index is -0.106. The number of hydrogen-bond donors (Lipinski definition) is 1. The predicted molar refractivity (Wildman–Crippen MR) is 80.0 cm³/mol. The Bertz CT molecular complexity index is 576. The Hall–Kier alpha value is -1.37. The Kier molecular flexibility index (Phi) is 5.17. The first-order valence-electron chi connectivity index (χ1n) is 6.13. The van der Waals surface area contributed by atoms with Crippen LogP contribution in [-0.4, -0.2) is 30.7 Å². The maximum absolute atomic E-state index is 6.02. The van der Waals surface area contributed by atoms with Crippen LogP contribution in [0.25, 0.3) is 0 Å². The van der Waals surface area contributed by atoms with Gasteiger partial charge in [0.25, 0.3) is 0 Å². The number of halogens is 1. The molecule has 0 fully saturated rings. The fourth-order valence-electron chi connectivity index (χ4n) is 1.83. The van der Waals surface area contributed by atoms with E-state index in [9.17, 15) is 0 Å². The zero-order valence-electron chi connectivity index (χ0n) is 11.5. The summed E-state index contributed by atoms with van der Waals surface area (Å²) in [6.45, 7) is 2.82. The zero-order chi connectivity index (χ0) is 14.5. The molecule has 20 heavy (non-hydrogen) atoms. The van der Waals surface area contributed by atoms with E-state index in [1.807, 2.05) is 19.1 Å². The number of nitrogens with one attached hydrogen (secondary N) is 1. The van der Waals surface area contributed by atoms with Crippen LogP contribution in [0, 0.1) is 0 Å². The van der Waals surface area contributed by atoms with Crippen molar-refractivity contribution in [3.05, 3.63) is 33.2 Å². The summed E-state index contributed by atoms with van der Waals surface area (Å²) in [6.07, 6.45) is 1.58. The van der Waals surface area contributed by atoms with Crippen molar-refractivity contribution in [3.63, 3.8) is 0 Å². The lowest BCUT2D eigenvalue weighted by atomic mass is 10.1. The largest absolute Gasteiger partial charge is 0.480 e. The Morgan fingerprint density at radius 2 is 2.15 bits per heavy atom. The average Bonchev–Trinajstić information content (AvgIpc) is 2.90. The molecule has 7 heteroatoms. The third-order valence-electron chi connectivity index (χ3n) is 2.71. The van der Waals surface area contributed by atoms with Crippen molar-refractivity contribution in [1.82, 2.24) is 15.3 Å². The average molecular weight is 314 g/mol. The van der Waals surface area contributed by atoms with E-state index in [0.29, 0.717) is 17.5 Å². The van der Waals surface area contributed by atoms with E-state index < -0.39 is 0 Å². The normalized spacial score (nSPS) is 12.2. The summed E-state index contributed by atoms with van der Waals surface area (Å²) in [5, 5.41) is 3.37. The van der Waals surface area contributed by atoms with Gasteiger partial charge in [-0.2, -0.15) is 4.98 Å². The van der Waals surface area contributed by atoms with Crippen molar-refractivity contribution in [3.8, 4) is 11.8 Å². The maximum Gasteiger partial charge on any atom is 0.240 e. The summed E-state index contributed by atoms with van der Waals surface area (Å²) in [7, 11) is 3.11. The van der Waals surface area contributed by atoms with Crippen molar-refractivity contribution in [2.45, 2.75) is 13.0 Å². The lowest BCUT2D eigenvalue weighted by Crippen LogP contribution is -2.23. The summed E-state index contributed by atoms with van der Waals surface area (Å²) in [5.41, 5.74) is 0.716. The van der Waals surface area contributed by atoms with Crippen LogP contribution in [0.4, 0.5) is 0 Å². The molecule has 0 radical (unpaired) electrons. The quantitative estimate of drug-likeness (QED) is 0.888. The van der Waals surface area contributed by atoms with Crippen molar-refractivity contribution < 1.29 is 9.47 Å². The van der Waals surface area contributed by atoms with Crippen LogP contribution in [0.1, 0.15) is 23.5 Å². The summed E-state index contributed by atoms with van der Waals surface area (Å²) in [4.78, 5) is 9.75. The van der Waals surface area contributed by atoms with Gasteiger partial charge < -0.3 is 14.8 Å². The summed E-state index contributed by atoms with van der Waals surface area (Å²) >= 11 is 7.53. The van der Waals surface area contributed by atoms with Gasteiger partial charge in [0.15, 0.2) is 0 Å². The Morgan fingerprint density at radius 3 is 2.70 bits per heavy atom. The molecule has 0 spiro atoms. The molecule has 0 aliphatic heterocycles. The van der Waals surface area contributed by atoms with Crippen molar-refractivity contribution in [1.29, 1.82) is 0 Å². The van der Waals surface area contributed by atoms with Gasteiger partial charge in [-0.05, 0) is 18.7 Å². The van der Waals surface area contributed by atoms with Gasteiger partial charge in [0.1, 0.15) is 5.69 Å². The number of methoxy groups -OCH3 is 2. The molecule has 0 saturated carbocycles. The molecule has 0 aliphatic carbocycles. The molecule has 0 bridgehead atoms. The van der Waals surface area contributed by atoms with Gasteiger partial charge in [-0.3, -0.25) is 0 Å². The first-order valence-corrected chi connectivity index (χ1v) is 7.32. The SMILES string of the molecule is CCNC(c1ccc(Cl)s1)c1ncc(OC)nc1OC. The molecule has 1 unspecified atom stereocenters. The standard InChI is InChI=1S/C13H16ClN3O2S/c1-4-15-11(8-5-6-9(14)20-8)12-13(19-3)17-10(18-2)7-16-12/h5-7,11,15H,4H2,1-3H3. The van der Waals surface area contributed by atoms with Crippen molar-refractivity contribution in [2.24, 2.45) is 0 Å². The number of thiophene rings is 1. The van der Waals surface area contributed by atoms with Crippen LogP contribution in [0.5, 0.6) is 11.8 Å². The molecule has 0 saturated heterocycles. The number of ether oxygens (including phenoxy) is 2. The Morgan fingerprint density at radius 1 is 1.35 bits per heavy atom. The Balaban J connectivity index is 2.43. The fraction of sp³-hybridized carbons (Fsp3) is 0.385. The summed E-state index contributed by atoms with van der Waals surface area (Å²) < 4.78 is 11.1. The van der Waals surface area contributed by atoms with E-state index in [2.05, 4.69) is 15.3 Å². The van der Waals surface area contributed by atoms with Crippen molar-refractivity contribution >= 4 is 22.9 Å². The van der Waals surface area contributed by atoms with Crippen LogP contribution >= 0.6 is 22.9 Å². The third kappa shape index (κ3) is 3.20. The molecule has 2 aromatic rings. The van der Waals surface area contributed by atoms with E-state index in [1.54, 1.807) is 20.4 Å². The zero-order valence-corrected chi connectivity index (χ0v) is 13.1. The van der Waals surface area contributed by atoms with E-state index in [4.69, 9.17) is 21.1 Å². The van der Waals surface area contributed by atoms with Gasteiger partial charge in [-0.15, -0.1) is 11.3 Å². The lowest BCUT2D eigenvalue weighted by Gasteiger charge is -2.18. The monoisotopic (exact) mass is 313 g/mol. The van der Waals surface area contributed by atoms with Gasteiger partial charge in [0.05, 0.1) is 30.8 Å². The van der Waals surface area contributed by atoms with Gasteiger partial charge >= 0.3 is 0 Å². The van der Waals surface area contributed by atoms with Gasteiger partial charge in [-0.1, -0.05) is 18.5 Å². The van der Waals surface area contributed by atoms with Gasteiger partial charge in [0, 0.05) is 4.88 Å². The lowest BCUT2D eigenvalue weighted by molar-refractivity contribution is 0.353. The molecular weight excluding hydrogens is 298 g/mol. The van der Waals surface area contributed by atoms with Gasteiger partial charge in [0.2, 0.25) is 11.8 Å². The molecule has 2 heterocycles. The van der Waals surface area contributed by atoms with E-state index in [0.717, 1.165) is 15.8 Å². The highest BCUT2D eigenvalue weighted by Gasteiger charge is 2.22. The van der Waals surface area contributed by atoms with E-state index in [-0.39, 0.29) is 6.04 Å². The van der Waals surface area contributed by atoms with E-state index in [1.165, 1.54) is 11.3 Å². The van der Waals surface area contributed by atoms with Crippen molar-refractivity contribution in [2.75, 3.05) is 20.8 Å². The Labute approximate surface area is 126 Å². The number of aromatic nitrogens is 2. The predicted octanol–water partition coefficient (Wildman–Crippen LogP) is 2.91. The maximum atomic E-state index is 6.02. The smallest absolute Gasteiger partial charge is 0.240 e. The number of nitrogens with zero attached hydrogens (tertiary/aromatic N) is 2. The highest BCUT2D eigenvalue weighted by atomic mass is 35.5. The van der Waals surface area contributed by atoms with Crippen LogP contribution in [0.2, 0.25) is 4.34 Å². The highest BCUT2D eigenvalue weighted by molar-refractivity contribution is 7.16. The molecule has 0 aromatic carbocycles. The second-order valence-corrected chi connectivity index (χ2v) is 5.69. The minimum absolute atomic E-state index is 0.106.